The molecule has 2 rings (SSSR count). The second-order valence-electron chi connectivity index (χ2n) is 3.69. The van der Waals surface area contributed by atoms with Crippen LogP contribution in [0.2, 0.25) is 0 Å². The maximum Gasteiger partial charge on any atom is 0.461 e. The van der Waals surface area contributed by atoms with Crippen molar-refractivity contribution < 1.29 is 31.2 Å². The Morgan fingerprint density at radius 3 is 2.32 bits per heavy atom. The van der Waals surface area contributed by atoms with Crippen LogP contribution < -0.4 is 0 Å². The number of alkyl halides is 5. The zero-order valence-electron chi connectivity index (χ0n) is 8.89. The van der Waals surface area contributed by atoms with E-state index in [0.717, 1.165) is 6.07 Å². The number of hydrogen-bond donors (Lipinski definition) is 0. The number of furan rings is 1. The lowest BCUT2D eigenvalue weighted by Crippen LogP contribution is -2.43. The molecular weight excluding hydrogens is 339 g/mol. The highest BCUT2D eigenvalue weighted by Gasteiger charge is 2.64. The van der Waals surface area contributed by atoms with Crippen LogP contribution >= 0.6 is 15.9 Å². The number of hydrogen-bond acceptors (Lipinski definition) is 2. The summed E-state index contributed by atoms with van der Waals surface area (Å²) in [5, 5.41) is 0.246. The molecule has 0 atom stereocenters. The van der Waals surface area contributed by atoms with Gasteiger partial charge in [-0.05, 0) is 24.3 Å². The van der Waals surface area contributed by atoms with Crippen molar-refractivity contribution in [2.24, 2.45) is 0 Å². The largest absolute Gasteiger partial charge is 0.461 e. The quantitative estimate of drug-likeness (QED) is 0.590. The van der Waals surface area contributed by atoms with Crippen LogP contribution in [0.3, 0.4) is 0 Å². The third-order valence-corrected chi connectivity index (χ3v) is 2.84. The summed E-state index contributed by atoms with van der Waals surface area (Å²) in [6.07, 6.45) is -5.95. The molecule has 1 aromatic heterocycles. The minimum Gasteiger partial charge on any atom is -0.453 e. The van der Waals surface area contributed by atoms with Crippen LogP contribution in [0.4, 0.5) is 22.0 Å². The first-order valence-corrected chi connectivity index (χ1v) is 5.60. The Bertz CT molecular complexity index is 644. The average molecular weight is 343 g/mol. The molecule has 1 aromatic carbocycles. The number of benzene rings is 1. The predicted molar refractivity (Wildman–Crippen MR) is 59.2 cm³/mol. The van der Waals surface area contributed by atoms with Crippen molar-refractivity contribution in [3.63, 3.8) is 0 Å². The minimum atomic E-state index is -5.95. The van der Waals surface area contributed by atoms with Gasteiger partial charge in [0.2, 0.25) is 0 Å². The molecule has 1 heterocycles. The van der Waals surface area contributed by atoms with Crippen LogP contribution in [-0.4, -0.2) is 17.9 Å². The van der Waals surface area contributed by atoms with Crippen LogP contribution in [0.5, 0.6) is 0 Å². The van der Waals surface area contributed by atoms with E-state index >= 15 is 0 Å². The summed E-state index contributed by atoms with van der Waals surface area (Å²) >= 11 is 3.10. The van der Waals surface area contributed by atoms with Crippen molar-refractivity contribution >= 4 is 32.7 Å². The summed E-state index contributed by atoms with van der Waals surface area (Å²) in [5.74, 6) is -8.92. The Balaban J connectivity index is 2.48. The first kappa shape index (κ1) is 14.0. The average Bonchev–Trinajstić information content (AvgIpc) is 2.68. The molecule has 0 aliphatic heterocycles. The second-order valence-corrected chi connectivity index (χ2v) is 4.61. The molecule has 0 bridgehead atoms. The number of ketones is 1. The summed E-state index contributed by atoms with van der Waals surface area (Å²) in [6, 6.07) is 5.13. The van der Waals surface area contributed by atoms with Gasteiger partial charge in [0.25, 0.3) is 5.78 Å². The Morgan fingerprint density at radius 1 is 1.11 bits per heavy atom. The lowest BCUT2D eigenvalue weighted by molar-refractivity contribution is -0.256. The van der Waals surface area contributed by atoms with Crippen molar-refractivity contribution in [3.05, 3.63) is 34.5 Å². The fourth-order valence-electron chi connectivity index (χ4n) is 1.41. The van der Waals surface area contributed by atoms with Gasteiger partial charge in [-0.15, -0.1) is 0 Å². The van der Waals surface area contributed by atoms with Gasteiger partial charge in [-0.1, -0.05) is 15.9 Å². The summed E-state index contributed by atoms with van der Waals surface area (Å²) in [6.45, 7) is 0. The Labute approximate surface area is 111 Å². The van der Waals surface area contributed by atoms with Gasteiger partial charge in [0.15, 0.2) is 5.76 Å². The van der Waals surface area contributed by atoms with Gasteiger partial charge in [0, 0.05) is 9.86 Å². The maximum atomic E-state index is 12.9. The van der Waals surface area contributed by atoms with Crippen molar-refractivity contribution in [1.29, 1.82) is 0 Å². The summed E-state index contributed by atoms with van der Waals surface area (Å²) in [7, 11) is 0. The zero-order valence-corrected chi connectivity index (χ0v) is 10.5. The highest BCUT2D eigenvalue weighted by atomic mass is 79.9. The van der Waals surface area contributed by atoms with Crippen molar-refractivity contribution in [3.8, 4) is 0 Å². The fraction of sp³-hybridized carbons (Fsp3) is 0.182. The lowest BCUT2D eigenvalue weighted by atomic mass is 10.1. The smallest absolute Gasteiger partial charge is 0.453 e. The summed E-state index contributed by atoms with van der Waals surface area (Å²) in [4.78, 5) is 11.2. The van der Waals surface area contributed by atoms with Gasteiger partial charge < -0.3 is 4.42 Å². The van der Waals surface area contributed by atoms with Crippen LogP contribution in [0.25, 0.3) is 11.0 Å². The summed E-state index contributed by atoms with van der Waals surface area (Å²) in [5.41, 5.74) is 0.0459. The highest BCUT2D eigenvalue weighted by molar-refractivity contribution is 9.10. The molecule has 2 nitrogen and oxygen atoms in total. The SMILES string of the molecule is O=C(c1cc2cc(Br)ccc2o1)C(F)(F)C(F)(F)F. The van der Waals surface area contributed by atoms with Crippen molar-refractivity contribution in [1.82, 2.24) is 0 Å². The van der Waals surface area contributed by atoms with E-state index in [4.69, 9.17) is 4.42 Å². The topological polar surface area (TPSA) is 30.2 Å². The maximum absolute atomic E-state index is 12.9. The van der Waals surface area contributed by atoms with Crippen molar-refractivity contribution in [2.45, 2.75) is 12.1 Å². The number of fused-ring (bicyclic) bond motifs is 1. The minimum absolute atomic E-state index is 0.0459. The first-order valence-electron chi connectivity index (χ1n) is 4.81. The molecule has 0 radical (unpaired) electrons. The number of halogens is 6. The van der Waals surface area contributed by atoms with E-state index in [0.29, 0.717) is 4.47 Å². The van der Waals surface area contributed by atoms with Crippen LogP contribution in [-0.2, 0) is 0 Å². The molecule has 2 aromatic rings. The van der Waals surface area contributed by atoms with E-state index in [1.807, 2.05) is 0 Å². The van der Waals surface area contributed by atoms with Gasteiger partial charge >= 0.3 is 12.1 Å². The molecule has 0 unspecified atom stereocenters. The van der Waals surface area contributed by atoms with E-state index in [-0.39, 0.29) is 11.0 Å². The third kappa shape index (κ3) is 2.36. The Kier molecular flexibility index (Phi) is 3.16. The van der Waals surface area contributed by atoms with Gasteiger partial charge in [0.1, 0.15) is 5.58 Å². The monoisotopic (exact) mass is 342 g/mol. The molecule has 19 heavy (non-hydrogen) atoms. The lowest BCUT2D eigenvalue weighted by Gasteiger charge is -2.16. The van der Waals surface area contributed by atoms with E-state index in [9.17, 15) is 26.7 Å². The normalized spacial score (nSPS) is 12.9. The molecule has 0 aliphatic rings. The first-order chi connectivity index (χ1) is 8.63. The van der Waals surface area contributed by atoms with Gasteiger partial charge in [-0.2, -0.15) is 22.0 Å². The molecule has 0 saturated heterocycles. The number of carbonyl (C=O) groups excluding carboxylic acids is 1. The van der Waals surface area contributed by atoms with E-state index in [2.05, 4.69) is 15.9 Å². The second kappa shape index (κ2) is 4.29. The van der Waals surface area contributed by atoms with E-state index < -0.39 is 23.6 Å². The molecule has 0 N–H and O–H groups in total. The number of rotatable bonds is 2. The predicted octanol–water partition coefficient (Wildman–Crippen LogP) is 4.58. The summed E-state index contributed by atoms with van der Waals surface area (Å²) < 4.78 is 67.2. The van der Waals surface area contributed by atoms with Gasteiger partial charge in [0.05, 0.1) is 0 Å². The van der Waals surface area contributed by atoms with E-state index in [1.165, 1.54) is 18.2 Å². The van der Waals surface area contributed by atoms with Crippen LogP contribution in [0.1, 0.15) is 10.6 Å². The standard InChI is InChI=1S/C11H4BrF5O2/c12-6-1-2-7-5(3-6)4-8(19-7)9(18)10(13,14)11(15,16)17/h1-4H. The number of carbonyl (C=O) groups is 1. The molecule has 102 valence electrons. The molecule has 0 amide bonds. The Morgan fingerprint density at radius 2 is 1.74 bits per heavy atom. The molecular formula is C11H4BrF5O2. The molecule has 0 spiro atoms. The van der Waals surface area contributed by atoms with Crippen LogP contribution in [0, 0.1) is 0 Å². The molecule has 0 fully saturated rings. The molecule has 8 heteroatoms. The van der Waals surface area contributed by atoms with Crippen molar-refractivity contribution in [2.75, 3.05) is 0 Å². The van der Waals surface area contributed by atoms with E-state index in [1.54, 1.807) is 0 Å². The Hall–Kier alpha value is -1.44. The third-order valence-electron chi connectivity index (χ3n) is 2.34. The molecule has 0 saturated carbocycles. The highest BCUT2D eigenvalue weighted by Crippen LogP contribution is 2.39. The van der Waals surface area contributed by atoms with Gasteiger partial charge in [-0.3, -0.25) is 4.79 Å². The molecule has 0 aliphatic carbocycles. The fourth-order valence-corrected chi connectivity index (χ4v) is 1.79. The number of Topliss-reactive ketones (excluding diaryl/α,β-unsaturated/α-hetero) is 1. The zero-order chi connectivity index (χ0) is 14.4. The van der Waals surface area contributed by atoms with Gasteiger partial charge in [-0.25, -0.2) is 0 Å². The van der Waals surface area contributed by atoms with Crippen LogP contribution in [0.15, 0.2) is 33.2 Å².